The Labute approximate surface area is 101 Å². The maximum atomic E-state index is 10.1. The third kappa shape index (κ3) is 12.8. The Bertz CT molecular complexity index is 203. The zero-order valence-corrected chi connectivity index (χ0v) is 10.7. The van der Waals surface area contributed by atoms with Crippen LogP contribution in [0.4, 0.5) is 0 Å². The fourth-order valence-corrected chi connectivity index (χ4v) is 1.07. The van der Waals surface area contributed by atoms with Crippen LogP contribution in [0, 0.1) is 0 Å². The van der Waals surface area contributed by atoms with Crippen LogP contribution < -0.4 is 29.6 Å². The minimum absolute atomic E-state index is 0. The molecule has 0 aromatic rings. The Morgan fingerprint density at radius 1 is 1.54 bits per heavy atom. The topological polar surface area (TPSA) is 86.7 Å². The second-order valence-corrected chi connectivity index (χ2v) is 3.90. The standard InChI is InChI=1S/C6H14O5S.Na/c1-2-4-11-6(7)3-5-12(8,9)10;/h6-7H,2-5H2,1H3,(H,8,9,10);/q;+1/p-1. The molecule has 74 valence electrons. The molecule has 0 amide bonds. The van der Waals surface area contributed by atoms with Gasteiger partial charge in [0.05, 0.1) is 10.1 Å². The van der Waals surface area contributed by atoms with Gasteiger partial charge >= 0.3 is 29.6 Å². The van der Waals surface area contributed by atoms with Gasteiger partial charge in [0, 0.05) is 18.8 Å². The van der Waals surface area contributed by atoms with Crippen molar-refractivity contribution in [3.05, 3.63) is 0 Å². The molecule has 1 atom stereocenters. The van der Waals surface area contributed by atoms with Crippen molar-refractivity contribution in [2.45, 2.75) is 26.1 Å². The van der Waals surface area contributed by atoms with Gasteiger partial charge in [0.1, 0.15) is 0 Å². The van der Waals surface area contributed by atoms with Crippen LogP contribution in [-0.2, 0) is 14.9 Å². The van der Waals surface area contributed by atoms with E-state index in [4.69, 9.17) is 9.84 Å². The molecule has 1 unspecified atom stereocenters. The minimum Gasteiger partial charge on any atom is -0.748 e. The molecule has 0 rings (SSSR count). The maximum Gasteiger partial charge on any atom is 1.00 e. The predicted molar refractivity (Wildman–Crippen MR) is 41.4 cm³/mol. The largest absolute Gasteiger partial charge is 1.00 e. The molecule has 0 aromatic carbocycles. The zero-order chi connectivity index (χ0) is 9.61. The summed E-state index contributed by atoms with van der Waals surface area (Å²) in [6.45, 7) is 2.22. The van der Waals surface area contributed by atoms with E-state index in [0.29, 0.717) is 6.61 Å². The van der Waals surface area contributed by atoms with Crippen LogP contribution in [0.25, 0.3) is 0 Å². The van der Waals surface area contributed by atoms with E-state index in [1.54, 1.807) is 0 Å². The first kappa shape index (κ1) is 16.3. The van der Waals surface area contributed by atoms with Gasteiger partial charge in [0.25, 0.3) is 0 Å². The summed E-state index contributed by atoms with van der Waals surface area (Å²) in [5, 5.41) is 8.92. The van der Waals surface area contributed by atoms with E-state index in [1.807, 2.05) is 6.92 Å². The molecule has 0 aliphatic rings. The third-order valence-electron chi connectivity index (χ3n) is 1.13. The third-order valence-corrected chi connectivity index (χ3v) is 1.86. The molecular formula is C6H13NaO5S. The smallest absolute Gasteiger partial charge is 0.748 e. The summed E-state index contributed by atoms with van der Waals surface area (Å²) in [6, 6.07) is 0. The van der Waals surface area contributed by atoms with Crippen LogP contribution in [0.3, 0.4) is 0 Å². The molecule has 0 aliphatic carbocycles. The summed E-state index contributed by atoms with van der Waals surface area (Å²) >= 11 is 0. The van der Waals surface area contributed by atoms with Crippen molar-refractivity contribution in [3.8, 4) is 0 Å². The number of aliphatic hydroxyl groups is 1. The van der Waals surface area contributed by atoms with E-state index < -0.39 is 22.2 Å². The molecule has 5 nitrogen and oxygen atoms in total. The Morgan fingerprint density at radius 2 is 2.08 bits per heavy atom. The Kier molecular flexibility index (Phi) is 10.2. The molecule has 0 radical (unpaired) electrons. The molecule has 13 heavy (non-hydrogen) atoms. The molecule has 0 aromatic heterocycles. The van der Waals surface area contributed by atoms with Crippen LogP contribution in [0.5, 0.6) is 0 Å². The van der Waals surface area contributed by atoms with E-state index in [-0.39, 0.29) is 36.0 Å². The molecule has 0 saturated heterocycles. The average Bonchev–Trinajstić information content (AvgIpc) is 1.95. The summed E-state index contributed by atoms with van der Waals surface area (Å²) in [5.41, 5.74) is 0. The number of rotatable bonds is 6. The fourth-order valence-electron chi connectivity index (χ4n) is 0.582. The van der Waals surface area contributed by atoms with E-state index in [1.165, 1.54) is 0 Å². The Morgan fingerprint density at radius 3 is 2.46 bits per heavy atom. The molecule has 0 bridgehead atoms. The average molecular weight is 220 g/mol. The van der Waals surface area contributed by atoms with E-state index >= 15 is 0 Å². The van der Waals surface area contributed by atoms with Gasteiger partial charge in [-0.25, -0.2) is 8.42 Å². The summed E-state index contributed by atoms with van der Waals surface area (Å²) in [4.78, 5) is 0. The van der Waals surface area contributed by atoms with Crippen molar-refractivity contribution in [3.63, 3.8) is 0 Å². The van der Waals surface area contributed by atoms with Crippen molar-refractivity contribution in [2.75, 3.05) is 12.4 Å². The van der Waals surface area contributed by atoms with Gasteiger partial charge in [0.2, 0.25) is 0 Å². The van der Waals surface area contributed by atoms with E-state index in [2.05, 4.69) is 0 Å². The monoisotopic (exact) mass is 220 g/mol. The Balaban J connectivity index is 0. The zero-order valence-electron chi connectivity index (χ0n) is 7.89. The van der Waals surface area contributed by atoms with Crippen molar-refractivity contribution >= 4 is 10.1 Å². The second kappa shape index (κ2) is 8.16. The molecule has 0 heterocycles. The van der Waals surface area contributed by atoms with Crippen LogP contribution in [0.2, 0.25) is 0 Å². The summed E-state index contributed by atoms with van der Waals surface area (Å²) in [7, 11) is -4.23. The minimum atomic E-state index is -4.23. The molecule has 0 aliphatic heterocycles. The van der Waals surface area contributed by atoms with Crippen molar-refractivity contribution < 1.29 is 52.4 Å². The SMILES string of the molecule is CCCOC(O)CCS(=O)(=O)[O-].[Na+]. The summed E-state index contributed by atoms with van der Waals surface area (Å²) < 4.78 is 35.0. The van der Waals surface area contributed by atoms with Gasteiger partial charge in [-0.2, -0.15) is 0 Å². The van der Waals surface area contributed by atoms with E-state index in [0.717, 1.165) is 6.42 Å². The predicted octanol–water partition coefficient (Wildman–Crippen LogP) is -3.33. The van der Waals surface area contributed by atoms with E-state index in [9.17, 15) is 13.0 Å². The van der Waals surface area contributed by atoms with Crippen LogP contribution in [-0.4, -0.2) is 36.7 Å². The first-order chi connectivity index (χ1) is 5.45. The molecule has 1 N–H and O–H groups in total. The van der Waals surface area contributed by atoms with Gasteiger partial charge in [-0.1, -0.05) is 6.92 Å². The van der Waals surface area contributed by atoms with Gasteiger partial charge in [-0.05, 0) is 6.42 Å². The number of aliphatic hydroxyl groups excluding tert-OH is 1. The van der Waals surface area contributed by atoms with Gasteiger partial charge in [-0.3, -0.25) is 0 Å². The fraction of sp³-hybridized carbons (Fsp3) is 1.00. The first-order valence-corrected chi connectivity index (χ1v) is 5.26. The Hall–Kier alpha value is 0.830. The van der Waals surface area contributed by atoms with Crippen molar-refractivity contribution in [1.29, 1.82) is 0 Å². The van der Waals surface area contributed by atoms with Crippen LogP contribution in [0.15, 0.2) is 0 Å². The second-order valence-electron chi connectivity index (χ2n) is 2.38. The number of ether oxygens (including phenoxy) is 1. The van der Waals surface area contributed by atoms with Crippen molar-refractivity contribution in [2.24, 2.45) is 0 Å². The van der Waals surface area contributed by atoms with Crippen LogP contribution in [0.1, 0.15) is 19.8 Å². The number of hydrogen-bond donors (Lipinski definition) is 1. The van der Waals surface area contributed by atoms with Gasteiger partial charge in [-0.15, -0.1) is 0 Å². The maximum absolute atomic E-state index is 10.1. The summed E-state index contributed by atoms with van der Waals surface area (Å²) in [5.74, 6) is -0.585. The normalized spacial score (nSPS) is 13.5. The molecule has 7 heteroatoms. The molecule has 0 spiro atoms. The van der Waals surface area contributed by atoms with Gasteiger partial charge in [0.15, 0.2) is 6.29 Å². The summed E-state index contributed by atoms with van der Waals surface area (Å²) in [6.07, 6.45) is -0.568. The molecular weight excluding hydrogens is 207 g/mol. The first-order valence-electron chi connectivity index (χ1n) is 3.69. The van der Waals surface area contributed by atoms with Crippen LogP contribution >= 0.6 is 0 Å². The number of hydrogen-bond acceptors (Lipinski definition) is 5. The van der Waals surface area contributed by atoms with Gasteiger partial charge < -0.3 is 14.4 Å². The quantitative estimate of drug-likeness (QED) is 0.287. The molecule has 0 saturated carbocycles. The molecule has 0 fully saturated rings. The van der Waals surface area contributed by atoms with Crippen molar-refractivity contribution in [1.82, 2.24) is 0 Å².